The Bertz CT molecular complexity index is 646. The Morgan fingerprint density at radius 3 is 2.65 bits per heavy atom. The summed E-state index contributed by atoms with van der Waals surface area (Å²) in [6.45, 7) is 4.63. The first-order valence-corrected chi connectivity index (χ1v) is 8.86. The summed E-state index contributed by atoms with van der Waals surface area (Å²) in [7, 11) is 0. The highest BCUT2D eigenvalue weighted by molar-refractivity contribution is 6.05. The molecule has 2 N–H and O–H groups in total. The summed E-state index contributed by atoms with van der Waals surface area (Å²) in [5, 5.41) is 5.41. The number of urea groups is 1. The molecule has 0 spiro atoms. The summed E-state index contributed by atoms with van der Waals surface area (Å²) in [6, 6.07) is 8.04. The Kier molecular flexibility index (Phi) is 6.19. The fourth-order valence-corrected chi connectivity index (χ4v) is 3.07. The third-order valence-electron chi connectivity index (χ3n) is 4.53. The standard InChI is InChI=1S/C18H24N4O4/c23-16(19-6-7-21-8-10-26-11-9-21)12-15-17(24)22(18(25)20-15)13-14-4-2-1-3-5-14/h1-5,15H,6-13H2,(H,19,23)(H,20,25). The van der Waals surface area contributed by atoms with Crippen LogP contribution in [0.15, 0.2) is 30.3 Å². The maximum Gasteiger partial charge on any atom is 0.325 e. The van der Waals surface area contributed by atoms with Crippen LogP contribution in [0.4, 0.5) is 4.79 Å². The van der Waals surface area contributed by atoms with Crippen molar-refractivity contribution in [2.45, 2.75) is 19.0 Å². The van der Waals surface area contributed by atoms with E-state index in [-0.39, 0.29) is 24.8 Å². The van der Waals surface area contributed by atoms with Gasteiger partial charge in [0.15, 0.2) is 0 Å². The van der Waals surface area contributed by atoms with Gasteiger partial charge in [-0.3, -0.25) is 19.4 Å². The molecule has 2 fully saturated rings. The van der Waals surface area contributed by atoms with E-state index in [9.17, 15) is 14.4 Å². The molecule has 1 atom stereocenters. The lowest BCUT2D eigenvalue weighted by atomic mass is 10.1. The second-order valence-corrected chi connectivity index (χ2v) is 6.42. The van der Waals surface area contributed by atoms with Crippen molar-refractivity contribution in [1.29, 1.82) is 0 Å². The van der Waals surface area contributed by atoms with E-state index >= 15 is 0 Å². The second kappa shape index (κ2) is 8.77. The average Bonchev–Trinajstić information content (AvgIpc) is 2.91. The molecular weight excluding hydrogens is 336 g/mol. The topological polar surface area (TPSA) is 91.0 Å². The van der Waals surface area contributed by atoms with Crippen LogP contribution in [0, 0.1) is 0 Å². The number of hydrogen-bond donors (Lipinski definition) is 2. The summed E-state index contributed by atoms with van der Waals surface area (Å²) < 4.78 is 5.28. The number of amides is 4. The van der Waals surface area contributed by atoms with E-state index in [4.69, 9.17) is 4.74 Å². The number of rotatable bonds is 7. The molecule has 2 saturated heterocycles. The van der Waals surface area contributed by atoms with Crippen LogP contribution in [0.1, 0.15) is 12.0 Å². The number of morpholine rings is 1. The van der Waals surface area contributed by atoms with Gasteiger partial charge in [0, 0.05) is 26.2 Å². The van der Waals surface area contributed by atoms with Gasteiger partial charge in [-0.25, -0.2) is 4.79 Å². The molecule has 1 aromatic carbocycles. The lowest BCUT2D eigenvalue weighted by Gasteiger charge is -2.26. The molecule has 26 heavy (non-hydrogen) atoms. The van der Waals surface area contributed by atoms with E-state index in [0.717, 1.165) is 30.1 Å². The maximum absolute atomic E-state index is 12.4. The van der Waals surface area contributed by atoms with E-state index in [1.54, 1.807) is 0 Å². The number of hydrogen-bond acceptors (Lipinski definition) is 5. The van der Waals surface area contributed by atoms with Gasteiger partial charge in [0.2, 0.25) is 5.91 Å². The van der Waals surface area contributed by atoms with Crippen LogP contribution in [-0.4, -0.2) is 73.1 Å². The first-order valence-electron chi connectivity index (χ1n) is 8.86. The summed E-state index contributed by atoms with van der Waals surface area (Å²) in [4.78, 5) is 39.9. The predicted octanol–water partition coefficient (Wildman–Crippen LogP) is -0.0545. The minimum atomic E-state index is -0.797. The summed E-state index contributed by atoms with van der Waals surface area (Å²) in [6.07, 6.45) is -0.0427. The number of ether oxygens (including phenoxy) is 1. The van der Waals surface area contributed by atoms with E-state index in [2.05, 4.69) is 15.5 Å². The molecule has 3 rings (SSSR count). The minimum Gasteiger partial charge on any atom is -0.379 e. The van der Waals surface area contributed by atoms with E-state index < -0.39 is 12.1 Å². The Hall–Kier alpha value is -2.45. The molecule has 0 aromatic heterocycles. The molecule has 8 heteroatoms. The van der Waals surface area contributed by atoms with Gasteiger partial charge in [0.1, 0.15) is 6.04 Å². The van der Waals surface area contributed by atoms with Crippen LogP contribution >= 0.6 is 0 Å². The van der Waals surface area contributed by atoms with Gasteiger partial charge in [-0.2, -0.15) is 0 Å². The van der Waals surface area contributed by atoms with Crippen molar-refractivity contribution in [3.8, 4) is 0 Å². The molecule has 140 valence electrons. The second-order valence-electron chi connectivity index (χ2n) is 6.42. The van der Waals surface area contributed by atoms with Crippen LogP contribution < -0.4 is 10.6 Å². The molecular formula is C18H24N4O4. The molecule has 0 radical (unpaired) electrons. The molecule has 0 bridgehead atoms. The van der Waals surface area contributed by atoms with Crippen LogP contribution in [0.5, 0.6) is 0 Å². The van der Waals surface area contributed by atoms with Gasteiger partial charge >= 0.3 is 6.03 Å². The fourth-order valence-electron chi connectivity index (χ4n) is 3.07. The quantitative estimate of drug-likeness (QED) is 0.665. The zero-order valence-corrected chi connectivity index (χ0v) is 14.6. The highest BCUT2D eigenvalue weighted by Crippen LogP contribution is 2.13. The maximum atomic E-state index is 12.4. The van der Waals surface area contributed by atoms with Gasteiger partial charge in [-0.05, 0) is 5.56 Å². The Morgan fingerprint density at radius 2 is 1.92 bits per heavy atom. The van der Waals surface area contributed by atoms with Crippen molar-refractivity contribution in [2.24, 2.45) is 0 Å². The first-order chi connectivity index (χ1) is 12.6. The highest BCUT2D eigenvalue weighted by Gasteiger charge is 2.38. The Morgan fingerprint density at radius 1 is 1.19 bits per heavy atom. The smallest absolute Gasteiger partial charge is 0.325 e. The van der Waals surface area contributed by atoms with Crippen LogP contribution in [-0.2, 0) is 20.9 Å². The summed E-state index contributed by atoms with van der Waals surface area (Å²) in [5.41, 5.74) is 0.867. The zero-order chi connectivity index (χ0) is 18.4. The van der Waals surface area contributed by atoms with E-state index in [1.165, 1.54) is 0 Å². The molecule has 4 amide bonds. The van der Waals surface area contributed by atoms with Gasteiger partial charge in [0.05, 0.1) is 26.2 Å². The summed E-state index contributed by atoms with van der Waals surface area (Å²) >= 11 is 0. The lowest BCUT2D eigenvalue weighted by molar-refractivity contribution is -0.131. The van der Waals surface area contributed by atoms with Gasteiger partial charge in [0.25, 0.3) is 5.91 Å². The normalized spacial score (nSPS) is 20.9. The number of carbonyl (C=O) groups excluding carboxylic acids is 3. The Balaban J connectivity index is 1.43. The monoisotopic (exact) mass is 360 g/mol. The number of nitrogens with zero attached hydrogens (tertiary/aromatic N) is 2. The third kappa shape index (κ3) is 4.80. The van der Waals surface area contributed by atoms with Crippen molar-refractivity contribution < 1.29 is 19.1 Å². The molecule has 0 aliphatic carbocycles. The molecule has 1 unspecified atom stereocenters. The average molecular weight is 360 g/mol. The summed E-state index contributed by atoms with van der Waals surface area (Å²) in [5.74, 6) is -0.597. The number of carbonyl (C=O) groups is 3. The number of benzene rings is 1. The predicted molar refractivity (Wildman–Crippen MR) is 94.2 cm³/mol. The SMILES string of the molecule is O=C(CC1NC(=O)N(Cc2ccccc2)C1=O)NCCN1CCOCC1. The Labute approximate surface area is 152 Å². The van der Waals surface area contributed by atoms with E-state index in [0.29, 0.717) is 19.8 Å². The van der Waals surface area contributed by atoms with Crippen molar-refractivity contribution in [2.75, 3.05) is 39.4 Å². The molecule has 2 aliphatic rings. The highest BCUT2D eigenvalue weighted by atomic mass is 16.5. The number of nitrogens with one attached hydrogen (secondary N) is 2. The first kappa shape index (κ1) is 18.3. The van der Waals surface area contributed by atoms with Gasteiger partial charge < -0.3 is 15.4 Å². The molecule has 1 aromatic rings. The van der Waals surface area contributed by atoms with E-state index in [1.807, 2.05) is 30.3 Å². The van der Waals surface area contributed by atoms with Crippen LogP contribution in [0.25, 0.3) is 0 Å². The van der Waals surface area contributed by atoms with Crippen molar-refractivity contribution in [3.63, 3.8) is 0 Å². The minimum absolute atomic E-state index is 0.0427. The molecule has 8 nitrogen and oxygen atoms in total. The van der Waals surface area contributed by atoms with Crippen LogP contribution in [0.2, 0.25) is 0 Å². The largest absolute Gasteiger partial charge is 0.379 e. The zero-order valence-electron chi connectivity index (χ0n) is 14.6. The van der Waals surface area contributed by atoms with Crippen molar-refractivity contribution >= 4 is 17.8 Å². The van der Waals surface area contributed by atoms with Gasteiger partial charge in [-0.1, -0.05) is 30.3 Å². The van der Waals surface area contributed by atoms with Crippen molar-refractivity contribution in [3.05, 3.63) is 35.9 Å². The van der Waals surface area contributed by atoms with Gasteiger partial charge in [-0.15, -0.1) is 0 Å². The number of imide groups is 1. The van der Waals surface area contributed by atoms with Crippen molar-refractivity contribution in [1.82, 2.24) is 20.4 Å². The van der Waals surface area contributed by atoms with Crippen LogP contribution in [0.3, 0.4) is 0 Å². The molecule has 2 heterocycles. The fraction of sp³-hybridized carbons (Fsp3) is 0.500. The third-order valence-corrected chi connectivity index (χ3v) is 4.53. The molecule has 2 aliphatic heterocycles. The molecule has 0 saturated carbocycles. The lowest BCUT2D eigenvalue weighted by Crippen LogP contribution is -2.42.